The lowest BCUT2D eigenvalue weighted by molar-refractivity contribution is -0.131. The molecule has 1 atom stereocenters. The van der Waals surface area contributed by atoms with E-state index < -0.39 is 0 Å². The van der Waals surface area contributed by atoms with E-state index >= 15 is 0 Å². The minimum absolute atomic E-state index is 0.00996. The fraction of sp³-hybridized carbons (Fsp3) is 0.458. The number of nitrogens with one attached hydrogen (secondary N) is 1. The summed E-state index contributed by atoms with van der Waals surface area (Å²) in [6.45, 7) is 9.51. The van der Waals surface area contributed by atoms with Gasteiger partial charge in [-0.25, -0.2) is 0 Å². The van der Waals surface area contributed by atoms with E-state index in [4.69, 9.17) is 0 Å². The van der Waals surface area contributed by atoms with Crippen molar-refractivity contribution in [3.63, 3.8) is 0 Å². The van der Waals surface area contributed by atoms with Crippen LogP contribution in [0.25, 0.3) is 0 Å². The summed E-state index contributed by atoms with van der Waals surface area (Å²) < 4.78 is 0. The maximum atomic E-state index is 13.0. The molecule has 2 saturated heterocycles. The summed E-state index contributed by atoms with van der Waals surface area (Å²) >= 11 is 0. The molecule has 6 nitrogen and oxygen atoms in total. The second-order valence-electron chi connectivity index (χ2n) is 9.09. The fourth-order valence-electron chi connectivity index (χ4n) is 4.82. The molecule has 2 fully saturated rings. The SMILES string of the molecule is Cc1ccncc1C(=O)N1CC2(CN(Cc3ccccc3)CC2C(=O)NC(C)C)C1. The van der Waals surface area contributed by atoms with Crippen molar-refractivity contribution in [2.45, 2.75) is 33.4 Å². The van der Waals surface area contributed by atoms with E-state index in [-0.39, 0.29) is 29.2 Å². The zero-order valence-electron chi connectivity index (χ0n) is 18.0. The Morgan fingerprint density at radius 2 is 1.90 bits per heavy atom. The van der Waals surface area contributed by atoms with Crippen LogP contribution in [0.15, 0.2) is 48.8 Å². The van der Waals surface area contributed by atoms with Crippen LogP contribution in [-0.2, 0) is 11.3 Å². The maximum Gasteiger partial charge on any atom is 0.255 e. The van der Waals surface area contributed by atoms with E-state index in [1.165, 1.54) is 5.56 Å². The van der Waals surface area contributed by atoms with Gasteiger partial charge in [0.05, 0.1) is 11.5 Å². The minimum Gasteiger partial charge on any atom is -0.354 e. The number of benzene rings is 1. The molecule has 6 heteroatoms. The van der Waals surface area contributed by atoms with Crippen molar-refractivity contribution < 1.29 is 9.59 Å². The van der Waals surface area contributed by atoms with Gasteiger partial charge in [-0.2, -0.15) is 0 Å². The third kappa shape index (κ3) is 3.97. The normalized spacial score (nSPS) is 20.4. The van der Waals surface area contributed by atoms with Crippen molar-refractivity contribution in [1.82, 2.24) is 20.1 Å². The van der Waals surface area contributed by atoms with Gasteiger partial charge in [0.2, 0.25) is 5.91 Å². The van der Waals surface area contributed by atoms with Gasteiger partial charge in [-0.3, -0.25) is 19.5 Å². The predicted octanol–water partition coefficient (Wildman–Crippen LogP) is 2.49. The number of aromatic nitrogens is 1. The lowest BCUT2D eigenvalue weighted by Crippen LogP contribution is -2.64. The molecule has 2 amide bonds. The third-order valence-electron chi connectivity index (χ3n) is 6.28. The Hall–Kier alpha value is -2.73. The summed E-state index contributed by atoms with van der Waals surface area (Å²) in [6, 6.07) is 12.3. The molecule has 4 rings (SSSR count). The minimum atomic E-state index is -0.181. The molecule has 1 spiro atoms. The number of hydrogen-bond donors (Lipinski definition) is 1. The van der Waals surface area contributed by atoms with E-state index in [0.717, 1.165) is 25.2 Å². The van der Waals surface area contributed by atoms with Gasteiger partial charge in [0.15, 0.2) is 0 Å². The Balaban J connectivity index is 1.50. The summed E-state index contributed by atoms with van der Waals surface area (Å²) in [6.07, 6.45) is 3.34. The Morgan fingerprint density at radius 1 is 1.17 bits per heavy atom. The van der Waals surface area contributed by atoms with E-state index in [9.17, 15) is 9.59 Å². The monoisotopic (exact) mass is 406 g/mol. The molecule has 2 aliphatic heterocycles. The lowest BCUT2D eigenvalue weighted by Gasteiger charge is -2.50. The summed E-state index contributed by atoms with van der Waals surface area (Å²) in [5.74, 6) is 0.00336. The van der Waals surface area contributed by atoms with Gasteiger partial charge in [-0.1, -0.05) is 30.3 Å². The number of nitrogens with zero attached hydrogens (tertiary/aromatic N) is 3. The topological polar surface area (TPSA) is 65.5 Å². The molecule has 0 saturated carbocycles. The Labute approximate surface area is 178 Å². The molecule has 1 aromatic carbocycles. The number of hydrogen-bond acceptors (Lipinski definition) is 4. The van der Waals surface area contributed by atoms with E-state index in [1.54, 1.807) is 12.4 Å². The van der Waals surface area contributed by atoms with Gasteiger partial charge in [0.1, 0.15) is 0 Å². The first-order valence-electron chi connectivity index (χ1n) is 10.6. The molecule has 30 heavy (non-hydrogen) atoms. The van der Waals surface area contributed by atoms with Crippen LogP contribution in [-0.4, -0.2) is 58.8 Å². The van der Waals surface area contributed by atoms with Crippen LogP contribution >= 0.6 is 0 Å². The van der Waals surface area contributed by atoms with Gasteiger partial charge in [0.25, 0.3) is 5.91 Å². The molecule has 1 unspecified atom stereocenters. The molecule has 0 bridgehead atoms. The molecular formula is C24H30N4O2. The van der Waals surface area contributed by atoms with Gasteiger partial charge in [-0.05, 0) is 38.0 Å². The fourth-order valence-corrected chi connectivity index (χ4v) is 4.82. The maximum absolute atomic E-state index is 13.0. The number of aryl methyl sites for hydroxylation is 1. The third-order valence-corrected chi connectivity index (χ3v) is 6.28. The standard InChI is InChI=1S/C24H30N4O2/c1-17(2)26-22(29)21-13-27(12-19-7-5-4-6-8-19)14-24(21)15-28(16-24)23(30)20-11-25-10-9-18(20)3/h4-11,17,21H,12-16H2,1-3H3,(H,26,29). The second-order valence-corrected chi connectivity index (χ2v) is 9.09. The zero-order chi connectivity index (χ0) is 21.3. The van der Waals surface area contributed by atoms with Crippen molar-refractivity contribution in [3.8, 4) is 0 Å². The highest BCUT2D eigenvalue weighted by molar-refractivity contribution is 5.96. The van der Waals surface area contributed by atoms with Crippen molar-refractivity contribution in [1.29, 1.82) is 0 Å². The molecule has 2 aliphatic rings. The van der Waals surface area contributed by atoms with Crippen molar-refractivity contribution in [2.75, 3.05) is 26.2 Å². The molecule has 158 valence electrons. The van der Waals surface area contributed by atoms with E-state index in [1.807, 2.05) is 49.9 Å². The summed E-state index contributed by atoms with van der Waals surface area (Å²) in [4.78, 5) is 34.3. The Kier molecular flexibility index (Phi) is 5.60. The van der Waals surface area contributed by atoms with E-state index in [0.29, 0.717) is 18.7 Å². The summed E-state index contributed by atoms with van der Waals surface area (Å²) in [5, 5.41) is 3.10. The van der Waals surface area contributed by atoms with Gasteiger partial charge < -0.3 is 10.2 Å². The molecule has 3 heterocycles. The van der Waals surface area contributed by atoms with Gasteiger partial charge >= 0.3 is 0 Å². The molecule has 2 aromatic rings. The molecule has 1 aromatic heterocycles. The number of carbonyl (C=O) groups excluding carboxylic acids is 2. The van der Waals surface area contributed by atoms with Gasteiger partial charge in [-0.15, -0.1) is 0 Å². The van der Waals surface area contributed by atoms with E-state index in [2.05, 4.69) is 27.3 Å². The average molecular weight is 407 g/mol. The van der Waals surface area contributed by atoms with Crippen LogP contribution in [0.4, 0.5) is 0 Å². The highest BCUT2D eigenvalue weighted by Crippen LogP contribution is 2.45. The van der Waals surface area contributed by atoms with Crippen molar-refractivity contribution in [3.05, 3.63) is 65.5 Å². The van der Waals surface area contributed by atoms with Crippen LogP contribution in [0.3, 0.4) is 0 Å². The largest absolute Gasteiger partial charge is 0.354 e. The number of rotatable bonds is 5. The first kappa shape index (κ1) is 20.5. The number of amides is 2. The first-order valence-corrected chi connectivity index (χ1v) is 10.6. The smallest absolute Gasteiger partial charge is 0.255 e. The quantitative estimate of drug-likeness (QED) is 0.829. The van der Waals surface area contributed by atoms with Gasteiger partial charge in [0, 0.05) is 56.6 Å². The first-order chi connectivity index (χ1) is 14.4. The summed E-state index contributed by atoms with van der Waals surface area (Å²) in [7, 11) is 0. The number of carbonyl (C=O) groups is 2. The average Bonchev–Trinajstić information content (AvgIpc) is 3.06. The predicted molar refractivity (Wildman–Crippen MR) is 116 cm³/mol. The van der Waals surface area contributed by atoms with Crippen LogP contribution < -0.4 is 5.32 Å². The lowest BCUT2D eigenvalue weighted by atomic mass is 9.71. The highest BCUT2D eigenvalue weighted by Gasteiger charge is 2.57. The van der Waals surface area contributed by atoms with Crippen LogP contribution in [0.2, 0.25) is 0 Å². The summed E-state index contributed by atoms with van der Waals surface area (Å²) in [5.41, 5.74) is 2.65. The van der Waals surface area contributed by atoms with Crippen LogP contribution in [0, 0.1) is 18.3 Å². The van der Waals surface area contributed by atoms with Crippen LogP contribution in [0.5, 0.6) is 0 Å². The molecule has 0 aliphatic carbocycles. The molecule has 1 N–H and O–H groups in total. The Bertz CT molecular complexity index is 922. The van der Waals surface area contributed by atoms with Crippen molar-refractivity contribution in [2.24, 2.45) is 11.3 Å². The van der Waals surface area contributed by atoms with Crippen LogP contribution in [0.1, 0.15) is 35.3 Å². The number of pyridine rings is 1. The Morgan fingerprint density at radius 3 is 2.57 bits per heavy atom. The number of likely N-dealkylation sites (tertiary alicyclic amines) is 2. The molecule has 0 radical (unpaired) electrons. The molecular weight excluding hydrogens is 376 g/mol. The highest BCUT2D eigenvalue weighted by atomic mass is 16.2. The zero-order valence-corrected chi connectivity index (χ0v) is 18.0. The van der Waals surface area contributed by atoms with Crippen molar-refractivity contribution >= 4 is 11.8 Å². The second kappa shape index (κ2) is 8.19.